The second kappa shape index (κ2) is 18.9. The molecule has 0 aliphatic heterocycles. The number of thiocarbonyl (C=S) groups is 2. The minimum atomic E-state index is -1.08. The number of hydrogen-bond acceptors (Lipinski definition) is 4. The van der Waals surface area contributed by atoms with E-state index in [1.165, 1.54) is 35.2 Å². The third-order valence-electron chi connectivity index (χ3n) is 9.25. The highest BCUT2D eigenvalue weighted by Crippen LogP contribution is 2.43. The van der Waals surface area contributed by atoms with Gasteiger partial charge in [-0.2, -0.15) is 0 Å². The summed E-state index contributed by atoms with van der Waals surface area (Å²) in [6.45, 7) is 0. The molecule has 284 valence electrons. The van der Waals surface area contributed by atoms with E-state index in [0.717, 1.165) is 63.5 Å². The standard InChI is InChI=1S/C20H20F3NOS.C17H15F3O.C3H6ClNS/c1-24(2)20(26)25-19-15(14-8-5-9-16(21)17(14)22)11-10-13(18(19)23)12-6-3-4-7-12;18-14-7-3-6-12(15(14)19)13-9-8-11(16(20)17(13)21)10-4-1-2-5-10;1-5(2)3(4)6/h5,8-12H,3-4,6-7H2,1-2H3;3,6-10,21H,1-2,4-5H2;1-2H3. The molecule has 0 amide bonds. The molecule has 4 aromatic rings. The van der Waals surface area contributed by atoms with Crippen molar-refractivity contribution in [3.63, 3.8) is 0 Å². The summed E-state index contributed by atoms with van der Waals surface area (Å²) in [5.74, 6) is -5.97. The van der Waals surface area contributed by atoms with Crippen LogP contribution in [0.25, 0.3) is 22.3 Å². The van der Waals surface area contributed by atoms with Crippen molar-refractivity contribution in [3.05, 3.63) is 107 Å². The number of benzene rings is 4. The molecular formula is C40H41ClF6N2O2S2. The number of ether oxygens (including phenoxy) is 1. The van der Waals surface area contributed by atoms with Crippen LogP contribution in [0.2, 0.25) is 0 Å². The van der Waals surface area contributed by atoms with E-state index in [1.54, 1.807) is 51.3 Å². The van der Waals surface area contributed by atoms with Gasteiger partial charge in [-0.05, 0) is 85.2 Å². The first-order chi connectivity index (χ1) is 25.1. The molecule has 4 aromatic carbocycles. The maximum atomic E-state index is 15.3. The number of phenolic OH excluding ortho intramolecular Hbond substituents is 1. The van der Waals surface area contributed by atoms with Gasteiger partial charge >= 0.3 is 0 Å². The van der Waals surface area contributed by atoms with Crippen LogP contribution in [0.4, 0.5) is 26.3 Å². The van der Waals surface area contributed by atoms with E-state index < -0.39 is 40.7 Å². The van der Waals surface area contributed by atoms with Gasteiger partial charge in [-0.15, -0.1) is 0 Å². The Kier molecular flexibility index (Phi) is 15.0. The van der Waals surface area contributed by atoms with E-state index in [2.05, 4.69) is 12.2 Å². The highest BCUT2D eigenvalue weighted by molar-refractivity contribution is 7.83. The highest BCUT2D eigenvalue weighted by Gasteiger charge is 2.27. The van der Waals surface area contributed by atoms with Crippen LogP contribution >= 0.6 is 36.0 Å². The van der Waals surface area contributed by atoms with E-state index in [0.29, 0.717) is 15.6 Å². The molecule has 0 atom stereocenters. The van der Waals surface area contributed by atoms with Gasteiger partial charge in [-0.3, -0.25) is 0 Å². The van der Waals surface area contributed by atoms with Gasteiger partial charge in [0.1, 0.15) is 0 Å². The Morgan fingerprint density at radius 2 is 1.02 bits per heavy atom. The van der Waals surface area contributed by atoms with E-state index in [1.807, 2.05) is 0 Å². The van der Waals surface area contributed by atoms with Gasteiger partial charge < -0.3 is 19.6 Å². The monoisotopic (exact) mass is 794 g/mol. The molecule has 0 spiro atoms. The van der Waals surface area contributed by atoms with E-state index >= 15 is 4.39 Å². The average Bonchev–Trinajstić information content (AvgIpc) is 3.86. The average molecular weight is 795 g/mol. The van der Waals surface area contributed by atoms with Crippen molar-refractivity contribution in [2.45, 2.75) is 63.2 Å². The minimum absolute atomic E-state index is 0.0220. The molecule has 53 heavy (non-hydrogen) atoms. The molecule has 0 radical (unpaired) electrons. The van der Waals surface area contributed by atoms with Gasteiger partial charge in [-0.25, -0.2) is 26.3 Å². The summed E-state index contributed by atoms with van der Waals surface area (Å²) in [6.07, 6.45) is 7.79. The first kappa shape index (κ1) is 41.9. The van der Waals surface area contributed by atoms with Crippen molar-refractivity contribution in [3.8, 4) is 33.8 Å². The molecule has 2 aliphatic rings. The van der Waals surface area contributed by atoms with Crippen molar-refractivity contribution in [2.75, 3.05) is 28.2 Å². The third kappa shape index (κ3) is 10.2. The summed E-state index contributed by atoms with van der Waals surface area (Å²) in [7, 11) is 6.94. The lowest BCUT2D eigenvalue weighted by Gasteiger charge is -2.20. The minimum Gasteiger partial charge on any atom is -0.504 e. The van der Waals surface area contributed by atoms with Gasteiger partial charge in [0.2, 0.25) is 0 Å². The zero-order valence-electron chi connectivity index (χ0n) is 29.8. The second-order valence-electron chi connectivity index (χ2n) is 13.3. The molecule has 0 saturated heterocycles. The summed E-state index contributed by atoms with van der Waals surface area (Å²) in [5.41, 5.74) is 0.935. The maximum absolute atomic E-state index is 15.3. The summed E-state index contributed by atoms with van der Waals surface area (Å²) in [6, 6.07) is 13.7. The lowest BCUT2D eigenvalue weighted by Crippen LogP contribution is -2.25. The summed E-state index contributed by atoms with van der Waals surface area (Å²) in [5, 5.41) is 10.1. The normalized spacial score (nSPS) is 14.2. The number of rotatable bonds is 5. The first-order valence-electron chi connectivity index (χ1n) is 17.1. The molecule has 0 unspecified atom stereocenters. The molecule has 13 heteroatoms. The predicted octanol–water partition coefficient (Wildman–Crippen LogP) is 11.9. The highest BCUT2D eigenvalue weighted by atomic mass is 35.5. The molecule has 2 fully saturated rings. The van der Waals surface area contributed by atoms with Crippen LogP contribution in [0.15, 0.2) is 60.7 Å². The van der Waals surface area contributed by atoms with E-state index in [4.69, 9.17) is 28.6 Å². The van der Waals surface area contributed by atoms with E-state index in [-0.39, 0.29) is 45.0 Å². The van der Waals surface area contributed by atoms with Crippen LogP contribution in [0.1, 0.15) is 74.3 Å². The lowest BCUT2D eigenvalue weighted by molar-refractivity contribution is 0.421. The summed E-state index contributed by atoms with van der Waals surface area (Å²) >= 11 is 14.9. The molecular weight excluding hydrogens is 754 g/mol. The van der Waals surface area contributed by atoms with Crippen LogP contribution in [0.5, 0.6) is 11.5 Å². The number of hydrogen-bond donors (Lipinski definition) is 1. The number of aromatic hydroxyl groups is 1. The zero-order chi connectivity index (χ0) is 39.0. The Morgan fingerprint density at radius 3 is 1.45 bits per heavy atom. The number of nitrogens with zero attached hydrogens (tertiary/aromatic N) is 2. The maximum Gasteiger partial charge on any atom is 0.264 e. The van der Waals surface area contributed by atoms with Crippen molar-refractivity contribution in [1.29, 1.82) is 0 Å². The molecule has 0 bridgehead atoms. The number of halogens is 7. The van der Waals surface area contributed by atoms with Crippen LogP contribution in [-0.4, -0.2) is 52.7 Å². The summed E-state index contributed by atoms with van der Waals surface area (Å²) < 4.78 is 90.7. The molecule has 0 heterocycles. The second-order valence-corrected chi connectivity index (χ2v) is 14.6. The Labute approximate surface area is 322 Å². The molecule has 0 aromatic heterocycles. The Hall–Kier alpha value is -3.87. The molecule has 6 rings (SSSR count). The number of phenols is 1. The molecule has 4 nitrogen and oxygen atoms in total. The zero-order valence-corrected chi connectivity index (χ0v) is 32.2. The quantitative estimate of drug-likeness (QED) is 0.0938. The molecule has 1 N–H and O–H groups in total. The van der Waals surface area contributed by atoms with Gasteiger partial charge in [0.05, 0.1) is 0 Å². The van der Waals surface area contributed by atoms with Crippen molar-refractivity contribution >= 4 is 45.7 Å². The van der Waals surface area contributed by atoms with Gasteiger partial charge in [0.25, 0.3) is 5.17 Å². The Morgan fingerprint density at radius 1 is 0.604 bits per heavy atom. The van der Waals surface area contributed by atoms with Crippen LogP contribution in [0, 0.1) is 34.9 Å². The Bertz CT molecular complexity index is 1930. The third-order valence-corrected chi connectivity index (χ3v) is 10.4. The largest absolute Gasteiger partial charge is 0.504 e. The topological polar surface area (TPSA) is 35.9 Å². The van der Waals surface area contributed by atoms with Crippen molar-refractivity contribution in [2.24, 2.45) is 0 Å². The van der Waals surface area contributed by atoms with Crippen LogP contribution in [-0.2, 0) is 0 Å². The van der Waals surface area contributed by atoms with Gasteiger partial charge in [0.15, 0.2) is 50.9 Å². The van der Waals surface area contributed by atoms with Gasteiger partial charge in [0, 0.05) is 50.4 Å². The summed E-state index contributed by atoms with van der Waals surface area (Å²) in [4.78, 5) is 3.18. The predicted molar refractivity (Wildman–Crippen MR) is 207 cm³/mol. The molecule has 2 aliphatic carbocycles. The van der Waals surface area contributed by atoms with E-state index in [9.17, 15) is 27.1 Å². The Balaban J connectivity index is 0.000000209. The lowest BCUT2D eigenvalue weighted by atomic mass is 9.93. The van der Waals surface area contributed by atoms with Crippen LogP contribution < -0.4 is 4.74 Å². The fourth-order valence-corrected chi connectivity index (χ4v) is 6.47. The van der Waals surface area contributed by atoms with Crippen molar-refractivity contribution in [1.82, 2.24) is 9.80 Å². The van der Waals surface area contributed by atoms with Crippen LogP contribution in [0.3, 0.4) is 0 Å². The fraction of sp³-hybridized carbons (Fsp3) is 0.350. The van der Waals surface area contributed by atoms with Gasteiger partial charge in [-0.1, -0.05) is 85.8 Å². The van der Waals surface area contributed by atoms with Crippen molar-refractivity contribution < 1.29 is 36.2 Å². The fourth-order valence-electron chi connectivity index (χ4n) is 6.39. The first-order valence-corrected chi connectivity index (χ1v) is 18.3. The smallest absolute Gasteiger partial charge is 0.264 e. The molecule has 2 saturated carbocycles. The SMILES string of the molecule is CN(C)C(=S)Cl.CN(C)C(=S)Oc1c(-c2cccc(F)c2F)ccc(C2CCCC2)c1F.Oc1c(-c2cccc(F)c2F)ccc(C2CCCC2)c1F.